The number of benzene rings is 1. The third kappa shape index (κ3) is 5.33. The Kier molecular flexibility index (Phi) is 5.71. The van der Waals surface area contributed by atoms with Crippen LogP contribution in [0.2, 0.25) is 0 Å². The second kappa shape index (κ2) is 8.17. The molecule has 0 bridgehead atoms. The highest BCUT2D eigenvalue weighted by Gasteiger charge is 2.29. The molecule has 0 aliphatic heterocycles. The van der Waals surface area contributed by atoms with Gasteiger partial charge in [0.05, 0.1) is 12.9 Å². The van der Waals surface area contributed by atoms with Gasteiger partial charge in [-0.2, -0.15) is 0 Å². The molecule has 0 unspecified atom stereocenters. The number of methoxy groups -OCH3 is 1. The summed E-state index contributed by atoms with van der Waals surface area (Å²) in [5.74, 6) is 0.546. The number of nitrogens with one attached hydrogen (secondary N) is 3. The van der Waals surface area contributed by atoms with Crippen LogP contribution in [0.15, 0.2) is 28.6 Å². The standard InChI is InChI=1S/C15H17N5O3S2/c1-23-11-4-2-3-10(7-11)16-14-19-20-15(25-14)24-8-12(21)17-18-13(22)9-5-6-9/h2-4,7,9H,5-6,8H2,1H3,(H,16,19)(H,17,21)(H,18,22). The number of aromatic nitrogens is 2. The lowest BCUT2D eigenvalue weighted by Gasteiger charge is -2.05. The first kappa shape index (κ1) is 17.5. The predicted octanol–water partition coefficient (Wildman–Crippen LogP) is 1.94. The van der Waals surface area contributed by atoms with E-state index in [0.29, 0.717) is 9.47 Å². The number of thioether (sulfide) groups is 1. The number of hydrazine groups is 1. The van der Waals surface area contributed by atoms with Gasteiger partial charge in [0.15, 0.2) is 4.34 Å². The van der Waals surface area contributed by atoms with Gasteiger partial charge in [-0.15, -0.1) is 10.2 Å². The first-order valence-electron chi connectivity index (χ1n) is 7.60. The number of carbonyl (C=O) groups excluding carboxylic acids is 2. The summed E-state index contributed by atoms with van der Waals surface area (Å²) in [4.78, 5) is 23.1. The van der Waals surface area contributed by atoms with Gasteiger partial charge in [0.25, 0.3) is 0 Å². The van der Waals surface area contributed by atoms with Crippen LogP contribution in [0, 0.1) is 5.92 Å². The second-order valence-corrected chi connectivity index (χ2v) is 7.53. The minimum atomic E-state index is -0.281. The van der Waals surface area contributed by atoms with Crippen molar-refractivity contribution in [2.75, 3.05) is 18.2 Å². The Labute approximate surface area is 152 Å². The van der Waals surface area contributed by atoms with E-state index in [-0.39, 0.29) is 23.5 Å². The Morgan fingerprint density at radius 3 is 2.92 bits per heavy atom. The summed E-state index contributed by atoms with van der Waals surface area (Å²) in [6, 6.07) is 7.47. The highest BCUT2D eigenvalue weighted by Crippen LogP contribution is 2.29. The number of amides is 2. The number of carbonyl (C=O) groups is 2. The SMILES string of the molecule is COc1cccc(Nc2nnc(SCC(=O)NNC(=O)C3CC3)s2)c1. The Balaban J connectivity index is 1.44. The van der Waals surface area contributed by atoms with Gasteiger partial charge in [-0.3, -0.25) is 20.4 Å². The maximum atomic E-state index is 11.7. The van der Waals surface area contributed by atoms with Crippen molar-refractivity contribution in [1.82, 2.24) is 21.0 Å². The molecule has 10 heteroatoms. The highest BCUT2D eigenvalue weighted by atomic mass is 32.2. The molecule has 1 heterocycles. The number of anilines is 2. The first-order valence-corrected chi connectivity index (χ1v) is 9.40. The molecule has 1 saturated carbocycles. The van der Waals surface area contributed by atoms with E-state index in [9.17, 15) is 9.59 Å². The first-order chi connectivity index (χ1) is 12.1. The van der Waals surface area contributed by atoms with Crippen LogP contribution in [0.1, 0.15) is 12.8 Å². The number of hydrogen-bond acceptors (Lipinski definition) is 8. The van der Waals surface area contributed by atoms with E-state index in [1.165, 1.54) is 23.1 Å². The Morgan fingerprint density at radius 1 is 1.32 bits per heavy atom. The molecule has 3 rings (SSSR count). The summed E-state index contributed by atoms with van der Waals surface area (Å²) in [7, 11) is 1.61. The van der Waals surface area contributed by atoms with Crippen molar-refractivity contribution in [1.29, 1.82) is 0 Å². The Hall–Kier alpha value is -2.33. The zero-order valence-electron chi connectivity index (χ0n) is 13.4. The maximum absolute atomic E-state index is 11.7. The topological polar surface area (TPSA) is 105 Å². The Bertz CT molecular complexity index is 763. The van der Waals surface area contributed by atoms with Crippen LogP contribution in [-0.2, 0) is 9.59 Å². The molecule has 1 aromatic heterocycles. The molecule has 1 aliphatic carbocycles. The molecular formula is C15H17N5O3S2. The molecule has 0 atom stereocenters. The van der Waals surface area contributed by atoms with Crippen LogP contribution in [-0.4, -0.2) is 34.9 Å². The van der Waals surface area contributed by atoms with E-state index in [2.05, 4.69) is 26.4 Å². The molecule has 0 saturated heterocycles. The van der Waals surface area contributed by atoms with Crippen molar-refractivity contribution >= 4 is 45.7 Å². The molecule has 0 spiro atoms. The molecule has 3 N–H and O–H groups in total. The zero-order valence-corrected chi connectivity index (χ0v) is 15.1. The third-order valence-corrected chi connectivity index (χ3v) is 5.30. The lowest BCUT2D eigenvalue weighted by molar-refractivity contribution is -0.128. The zero-order chi connectivity index (χ0) is 17.6. The predicted molar refractivity (Wildman–Crippen MR) is 95.9 cm³/mol. The van der Waals surface area contributed by atoms with E-state index in [0.717, 1.165) is 24.3 Å². The van der Waals surface area contributed by atoms with E-state index in [1.54, 1.807) is 7.11 Å². The fourth-order valence-corrected chi connectivity index (χ4v) is 3.46. The van der Waals surface area contributed by atoms with Crippen molar-refractivity contribution in [3.8, 4) is 5.75 Å². The summed E-state index contributed by atoms with van der Waals surface area (Å²) in [6.45, 7) is 0. The van der Waals surface area contributed by atoms with Crippen LogP contribution in [0.25, 0.3) is 0 Å². The van der Waals surface area contributed by atoms with Crippen LogP contribution in [0.4, 0.5) is 10.8 Å². The van der Waals surface area contributed by atoms with Gasteiger partial charge in [-0.1, -0.05) is 29.2 Å². The number of ether oxygens (including phenoxy) is 1. The van der Waals surface area contributed by atoms with Gasteiger partial charge in [-0.25, -0.2) is 0 Å². The van der Waals surface area contributed by atoms with Gasteiger partial charge < -0.3 is 10.1 Å². The van der Waals surface area contributed by atoms with Gasteiger partial charge in [0.2, 0.25) is 16.9 Å². The average Bonchev–Trinajstić information content (AvgIpc) is 3.39. The largest absolute Gasteiger partial charge is 0.497 e. The molecule has 8 nitrogen and oxygen atoms in total. The summed E-state index contributed by atoms with van der Waals surface area (Å²) < 4.78 is 5.83. The molecule has 1 aliphatic rings. The summed E-state index contributed by atoms with van der Waals surface area (Å²) >= 11 is 2.60. The highest BCUT2D eigenvalue weighted by molar-refractivity contribution is 8.01. The van der Waals surface area contributed by atoms with Gasteiger partial charge in [0, 0.05) is 17.7 Å². The fraction of sp³-hybridized carbons (Fsp3) is 0.333. The van der Waals surface area contributed by atoms with Crippen LogP contribution >= 0.6 is 23.1 Å². The molecular weight excluding hydrogens is 362 g/mol. The van der Waals surface area contributed by atoms with Crippen LogP contribution in [0.3, 0.4) is 0 Å². The fourth-order valence-electron chi connectivity index (χ4n) is 1.89. The number of rotatable bonds is 7. The maximum Gasteiger partial charge on any atom is 0.248 e. The quantitative estimate of drug-likeness (QED) is 0.499. The van der Waals surface area contributed by atoms with Crippen molar-refractivity contribution in [3.63, 3.8) is 0 Å². The minimum absolute atomic E-state index is 0.0568. The second-order valence-electron chi connectivity index (χ2n) is 5.33. The molecule has 2 amide bonds. The molecule has 132 valence electrons. The minimum Gasteiger partial charge on any atom is -0.497 e. The van der Waals surface area contributed by atoms with Crippen molar-refractivity contribution in [2.45, 2.75) is 17.2 Å². The molecule has 2 aromatic rings. The monoisotopic (exact) mass is 379 g/mol. The summed E-state index contributed by atoms with van der Waals surface area (Å²) in [5.41, 5.74) is 5.66. The van der Waals surface area contributed by atoms with Gasteiger partial charge in [-0.05, 0) is 25.0 Å². The van der Waals surface area contributed by atoms with E-state index in [1.807, 2.05) is 24.3 Å². The van der Waals surface area contributed by atoms with Crippen LogP contribution in [0.5, 0.6) is 5.75 Å². The van der Waals surface area contributed by atoms with Crippen LogP contribution < -0.4 is 20.9 Å². The van der Waals surface area contributed by atoms with E-state index < -0.39 is 0 Å². The van der Waals surface area contributed by atoms with Gasteiger partial charge >= 0.3 is 0 Å². The smallest absolute Gasteiger partial charge is 0.248 e. The molecule has 1 fully saturated rings. The van der Waals surface area contributed by atoms with E-state index >= 15 is 0 Å². The van der Waals surface area contributed by atoms with E-state index in [4.69, 9.17) is 4.74 Å². The summed E-state index contributed by atoms with van der Waals surface area (Å²) in [5, 5.41) is 11.8. The van der Waals surface area contributed by atoms with Gasteiger partial charge in [0.1, 0.15) is 5.75 Å². The lowest BCUT2D eigenvalue weighted by atomic mass is 10.3. The van der Waals surface area contributed by atoms with Crippen molar-refractivity contribution in [3.05, 3.63) is 24.3 Å². The normalized spacial score (nSPS) is 13.2. The van der Waals surface area contributed by atoms with Crippen molar-refractivity contribution in [2.24, 2.45) is 5.92 Å². The molecule has 1 aromatic carbocycles. The van der Waals surface area contributed by atoms with Crippen molar-refractivity contribution < 1.29 is 14.3 Å². The molecule has 25 heavy (non-hydrogen) atoms. The Morgan fingerprint density at radius 2 is 2.16 bits per heavy atom. The average molecular weight is 379 g/mol. The molecule has 0 radical (unpaired) electrons. The number of hydrogen-bond donors (Lipinski definition) is 3. The summed E-state index contributed by atoms with van der Waals surface area (Å²) in [6.07, 6.45) is 1.79. The third-order valence-electron chi connectivity index (χ3n) is 3.33. The lowest BCUT2D eigenvalue weighted by Crippen LogP contribution is -2.43. The number of nitrogens with zero attached hydrogens (tertiary/aromatic N) is 2.